The van der Waals surface area contributed by atoms with Gasteiger partial charge in [0.05, 0.1) is 0 Å². The van der Waals surface area contributed by atoms with Gasteiger partial charge in [-0.15, -0.1) is 0 Å². The Morgan fingerprint density at radius 1 is 1.29 bits per heavy atom. The summed E-state index contributed by atoms with van der Waals surface area (Å²) in [6.07, 6.45) is 1.31. The van der Waals surface area contributed by atoms with E-state index < -0.39 is 11.6 Å². The van der Waals surface area contributed by atoms with Gasteiger partial charge in [0.1, 0.15) is 0 Å². The Kier molecular flexibility index (Phi) is 1.98. The Morgan fingerprint density at radius 2 is 2.00 bits per heavy atom. The second-order valence-corrected chi connectivity index (χ2v) is 3.39. The Morgan fingerprint density at radius 3 is 2.71 bits per heavy atom. The summed E-state index contributed by atoms with van der Waals surface area (Å²) in [4.78, 5) is 11.4. The van der Waals surface area contributed by atoms with Gasteiger partial charge >= 0.3 is 0 Å². The van der Waals surface area contributed by atoms with Crippen molar-refractivity contribution in [3.8, 4) is 0 Å². The summed E-state index contributed by atoms with van der Waals surface area (Å²) < 4.78 is 26.2. The van der Waals surface area contributed by atoms with Crippen LogP contribution in [-0.2, 0) is 6.42 Å². The molecule has 0 heterocycles. The summed E-state index contributed by atoms with van der Waals surface area (Å²) in [5, 5.41) is 0. The molecular formula is C10H9F2NO. The van der Waals surface area contributed by atoms with E-state index in [1.807, 2.05) is 0 Å². The van der Waals surface area contributed by atoms with Gasteiger partial charge in [-0.05, 0) is 12.8 Å². The second kappa shape index (κ2) is 3.04. The van der Waals surface area contributed by atoms with Crippen LogP contribution >= 0.6 is 0 Å². The van der Waals surface area contributed by atoms with Gasteiger partial charge in [-0.1, -0.05) is 0 Å². The molecule has 1 aliphatic rings. The van der Waals surface area contributed by atoms with Gasteiger partial charge < -0.3 is 5.73 Å². The molecule has 0 saturated heterocycles. The summed E-state index contributed by atoms with van der Waals surface area (Å²) in [5.41, 5.74) is 5.83. The molecule has 0 bridgehead atoms. The van der Waals surface area contributed by atoms with E-state index in [4.69, 9.17) is 5.73 Å². The molecule has 0 saturated carbocycles. The highest BCUT2D eigenvalue weighted by Gasteiger charge is 2.25. The average molecular weight is 197 g/mol. The van der Waals surface area contributed by atoms with Gasteiger partial charge in [-0.2, -0.15) is 0 Å². The van der Waals surface area contributed by atoms with Gasteiger partial charge in [0.15, 0.2) is 17.4 Å². The third-order valence-electron chi connectivity index (χ3n) is 2.46. The van der Waals surface area contributed by atoms with Crippen LogP contribution in [0.25, 0.3) is 0 Å². The van der Waals surface area contributed by atoms with Crippen molar-refractivity contribution in [1.29, 1.82) is 0 Å². The van der Waals surface area contributed by atoms with Crippen molar-refractivity contribution in [2.24, 2.45) is 0 Å². The van der Waals surface area contributed by atoms with Gasteiger partial charge in [-0.3, -0.25) is 4.79 Å². The zero-order valence-corrected chi connectivity index (χ0v) is 7.44. The second-order valence-electron chi connectivity index (χ2n) is 3.39. The van der Waals surface area contributed by atoms with E-state index in [0.717, 1.165) is 6.07 Å². The molecule has 0 amide bonds. The highest BCUT2D eigenvalue weighted by molar-refractivity contribution is 6.03. The van der Waals surface area contributed by atoms with Gasteiger partial charge in [-0.25, -0.2) is 8.78 Å². The van der Waals surface area contributed by atoms with E-state index in [0.29, 0.717) is 19.3 Å². The predicted octanol–water partition coefficient (Wildman–Crippen LogP) is 2.07. The number of carbonyl (C=O) groups excluding carboxylic acids is 1. The molecule has 0 unspecified atom stereocenters. The van der Waals surface area contributed by atoms with Gasteiger partial charge in [0.2, 0.25) is 0 Å². The van der Waals surface area contributed by atoms with Gasteiger partial charge in [0.25, 0.3) is 0 Å². The van der Waals surface area contributed by atoms with E-state index in [1.165, 1.54) is 0 Å². The minimum absolute atomic E-state index is 0.0450. The predicted molar refractivity (Wildman–Crippen MR) is 48.0 cm³/mol. The number of anilines is 1. The van der Waals surface area contributed by atoms with E-state index >= 15 is 0 Å². The molecule has 1 aliphatic carbocycles. The highest BCUT2D eigenvalue weighted by Crippen LogP contribution is 2.29. The van der Waals surface area contributed by atoms with Crippen molar-refractivity contribution >= 4 is 11.5 Å². The fourth-order valence-electron chi connectivity index (χ4n) is 1.81. The molecule has 1 aromatic carbocycles. The summed E-state index contributed by atoms with van der Waals surface area (Å²) >= 11 is 0. The van der Waals surface area contributed by atoms with Crippen LogP contribution in [0, 0.1) is 11.6 Å². The van der Waals surface area contributed by atoms with Crippen LogP contribution in [0.1, 0.15) is 28.8 Å². The first-order valence-electron chi connectivity index (χ1n) is 4.41. The normalized spacial score (nSPS) is 15.4. The highest BCUT2D eigenvalue weighted by atomic mass is 19.2. The lowest BCUT2D eigenvalue weighted by atomic mass is 9.89. The summed E-state index contributed by atoms with van der Waals surface area (Å²) in [7, 11) is 0. The molecule has 0 aromatic heterocycles. The minimum atomic E-state index is -0.976. The SMILES string of the molecule is Nc1cc(F)c(F)c2c1C(=O)CCC2. The Labute approximate surface area is 79.7 Å². The molecule has 0 aliphatic heterocycles. The van der Waals surface area contributed by atoms with Crippen LogP contribution in [0.4, 0.5) is 14.5 Å². The first kappa shape index (κ1) is 9.12. The van der Waals surface area contributed by atoms with Crippen LogP contribution in [0.5, 0.6) is 0 Å². The number of carbonyl (C=O) groups is 1. The molecule has 14 heavy (non-hydrogen) atoms. The van der Waals surface area contributed by atoms with Crippen LogP contribution in [0.3, 0.4) is 0 Å². The van der Waals surface area contributed by atoms with E-state index in [2.05, 4.69) is 0 Å². The maximum atomic E-state index is 13.3. The lowest BCUT2D eigenvalue weighted by Crippen LogP contribution is -2.16. The zero-order chi connectivity index (χ0) is 10.3. The Balaban J connectivity index is 2.72. The molecule has 2 N–H and O–H groups in total. The van der Waals surface area contributed by atoms with Crippen molar-refractivity contribution < 1.29 is 13.6 Å². The number of ketones is 1. The third kappa shape index (κ3) is 1.18. The fraction of sp³-hybridized carbons (Fsp3) is 0.300. The average Bonchev–Trinajstić information content (AvgIpc) is 2.14. The molecule has 2 rings (SSSR count). The molecular weight excluding hydrogens is 188 g/mol. The van der Waals surface area contributed by atoms with Gasteiger partial charge in [0, 0.05) is 29.3 Å². The Hall–Kier alpha value is -1.45. The summed E-state index contributed by atoms with van der Waals surface area (Å²) in [6.45, 7) is 0. The monoisotopic (exact) mass is 197 g/mol. The smallest absolute Gasteiger partial charge is 0.165 e. The quantitative estimate of drug-likeness (QED) is 0.647. The summed E-state index contributed by atoms with van der Waals surface area (Å²) in [6, 6.07) is 0.872. The van der Waals surface area contributed by atoms with Crippen molar-refractivity contribution in [1.82, 2.24) is 0 Å². The molecule has 74 valence electrons. The maximum Gasteiger partial charge on any atom is 0.165 e. The summed E-state index contributed by atoms with van der Waals surface area (Å²) in [5.74, 6) is -2.10. The number of hydrogen-bond donors (Lipinski definition) is 1. The standard InChI is InChI=1S/C10H9F2NO/c11-6-4-7(13)9-5(10(6)12)2-1-3-8(9)14/h4H,1-3,13H2. The van der Waals surface area contributed by atoms with E-state index in [1.54, 1.807) is 0 Å². The first-order chi connectivity index (χ1) is 6.61. The molecule has 1 aromatic rings. The molecule has 0 radical (unpaired) electrons. The maximum absolute atomic E-state index is 13.3. The zero-order valence-electron chi connectivity index (χ0n) is 7.44. The van der Waals surface area contributed by atoms with Crippen molar-refractivity contribution in [2.45, 2.75) is 19.3 Å². The number of rotatable bonds is 0. The van der Waals surface area contributed by atoms with Crippen LogP contribution in [0.15, 0.2) is 6.07 Å². The molecule has 4 heteroatoms. The number of fused-ring (bicyclic) bond motifs is 1. The molecule has 0 atom stereocenters. The van der Waals surface area contributed by atoms with Crippen LogP contribution < -0.4 is 5.73 Å². The van der Waals surface area contributed by atoms with E-state index in [-0.39, 0.29) is 22.6 Å². The minimum Gasteiger partial charge on any atom is -0.398 e. The molecule has 0 fully saturated rings. The third-order valence-corrected chi connectivity index (χ3v) is 2.46. The lowest BCUT2D eigenvalue weighted by molar-refractivity contribution is 0.0972. The molecule has 0 spiro atoms. The number of benzene rings is 1. The largest absolute Gasteiger partial charge is 0.398 e. The van der Waals surface area contributed by atoms with Crippen LogP contribution in [-0.4, -0.2) is 5.78 Å². The first-order valence-corrected chi connectivity index (χ1v) is 4.41. The van der Waals surface area contributed by atoms with Crippen molar-refractivity contribution in [2.75, 3.05) is 5.73 Å². The van der Waals surface area contributed by atoms with Crippen molar-refractivity contribution in [3.63, 3.8) is 0 Å². The fourth-order valence-corrected chi connectivity index (χ4v) is 1.81. The van der Waals surface area contributed by atoms with Crippen molar-refractivity contribution in [3.05, 3.63) is 28.8 Å². The van der Waals surface area contributed by atoms with E-state index in [9.17, 15) is 13.6 Å². The van der Waals surface area contributed by atoms with Crippen LogP contribution in [0.2, 0.25) is 0 Å². The number of halogens is 2. The lowest BCUT2D eigenvalue weighted by Gasteiger charge is -2.17. The number of nitrogen functional groups attached to an aromatic ring is 1. The molecule has 2 nitrogen and oxygen atoms in total. The number of Topliss-reactive ketones (excluding diaryl/α,β-unsaturated/α-hetero) is 1. The number of nitrogens with two attached hydrogens (primary N) is 1. The number of hydrogen-bond acceptors (Lipinski definition) is 2. The topological polar surface area (TPSA) is 43.1 Å². The Bertz CT molecular complexity index is 415.